The van der Waals surface area contributed by atoms with E-state index in [1.54, 1.807) is 12.1 Å². The van der Waals surface area contributed by atoms with Crippen LogP contribution in [0.25, 0.3) is 0 Å². The van der Waals surface area contributed by atoms with Crippen molar-refractivity contribution in [3.05, 3.63) is 29.8 Å². The molecule has 1 atom stereocenters. The van der Waals surface area contributed by atoms with Crippen molar-refractivity contribution in [3.8, 4) is 5.75 Å². The highest BCUT2D eigenvalue weighted by molar-refractivity contribution is 5.52. The Kier molecular flexibility index (Phi) is 3.51. The summed E-state index contributed by atoms with van der Waals surface area (Å²) in [5.74, 6) is 0.466. The molecule has 0 spiro atoms. The van der Waals surface area contributed by atoms with Crippen LogP contribution in [-0.2, 0) is 4.79 Å². The van der Waals surface area contributed by atoms with Crippen molar-refractivity contribution < 1.29 is 9.90 Å². The molecule has 1 N–H and O–H groups in total. The number of carbonyl (C=O) groups is 1. The van der Waals surface area contributed by atoms with E-state index in [0.717, 1.165) is 11.8 Å². The van der Waals surface area contributed by atoms with E-state index in [1.165, 1.54) is 0 Å². The summed E-state index contributed by atoms with van der Waals surface area (Å²) in [4.78, 5) is 10.7. The van der Waals surface area contributed by atoms with Crippen LogP contribution in [0.2, 0.25) is 0 Å². The van der Waals surface area contributed by atoms with Crippen LogP contribution in [0.3, 0.4) is 0 Å². The van der Waals surface area contributed by atoms with Gasteiger partial charge in [-0.25, -0.2) is 0 Å². The molecule has 0 saturated heterocycles. The molecule has 0 saturated carbocycles. The Morgan fingerprint density at radius 2 is 1.80 bits per heavy atom. The summed E-state index contributed by atoms with van der Waals surface area (Å²) in [6.07, 6.45) is 1.48. The fourth-order valence-corrected chi connectivity index (χ4v) is 1.79. The molecule has 0 aliphatic heterocycles. The van der Waals surface area contributed by atoms with E-state index in [4.69, 9.17) is 0 Å². The third kappa shape index (κ3) is 3.08. The van der Waals surface area contributed by atoms with Crippen molar-refractivity contribution in [1.82, 2.24) is 0 Å². The third-order valence-electron chi connectivity index (χ3n) is 2.67. The molecule has 1 aromatic carbocycles. The smallest absolute Gasteiger partial charge is 0.120 e. The Hall–Kier alpha value is -1.31. The van der Waals surface area contributed by atoms with Crippen molar-refractivity contribution in [2.45, 2.75) is 33.1 Å². The number of rotatable bonds is 3. The molecule has 1 aromatic rings. The molecule has 0 aliphatic carbocycles. The molecule has 2 nitrogen and oxygen atoms in total. The van der Waals surface area contributed by atoms with Crippen LogP contribution < -0.4 is 0 Å². The van der Waals surface area contributed by atoms with E-state index in [9.17, 15) is 9.90 Å². The fourth-order valence-electron chi connectivity index (χ4n) is 1.79. The Balaban J connectivity index is 2.99. The van der Waals surface area contributed by atoms with Crippen molar-refractivity contribution in [2.24, 2.45) is 5.41 Å². The molecule has 0 heterocycles. The van der Waals surface area contributed by atoms with E-state index in [1.807, 2.05) is 12.1 Å². The van der Waals surface area contributed by atoms with Gasteiger partial charge in [0.25, 0.3) is 0 Å². The minimum absolute atomic E-state index is 0.0535. The summed E-state index contributed by atoms with van der Waals surface area (Å²) < 4.78 is 0. The van der Waals surface area contributed by atoms with Crippen molar-refractivity contribution in [2.75, 3.05) is 0 Å². The molecule has 0 aromatic heterocycles. The number of phenols is 1. The predicted molar refractivity (Wildman–Crippen MR) is 61.0 cm³/mol. The van der Waals surface area contributed by atoms with Crippen molar-refractivity contribution in [1.29, 1.82) is 0 Å². The van der Waals surface area contributed by atoms with Crippen molar-refractivity contribution in [3.63, 3.8) is 0 Å². The van der Waals surface area contributed by atoms with Gasteiger partial charge in [0, 0.05) is 6.42 Å². The van der Waals surface area contributed by atoms with Crippen LogP contribution in [0, 0.1) is 5.41 Å². The number of carbonyl (C=O) groups excluding carboxylic acids is 1. The number of aldehydes is 1. The van der Waals surface area contributed by atoms with Crippen LogP contribution in [-0.4, -0.2) is 11.4 Å². The first-order valence-corrected chi connectivity index (χ1v) is 5.17. The Morgan fingerprint density at radius 3 is 2.20 bits per heavy atom. The molecular formula is C13H18O2. The molecule has 2 heteroatoms. The normalized spacial score (nSPS) is 13.5. The van der Waals surface area contributed by atoms with Crippen LogP contribution in [0.4, 0.5) is 0 Å². The van der Waals surface area contributed by atoms with Crippen LogP contribution in [0.1, 0.15) is 38.7 Å². The minimum Gasteiger partial charge on any atom is -0.508 e. The van der Waals surface area contributed by atoms with E-state index < -0.39 is 0 Å². The average molecular weight is 206 g/mol. The Labute approximate surface area is 90.9 Å². The minimum atomic E-state index is 0.0535. The fraction of sp³-hybridized carbons (Fsp3) is 0.462. The maximum Gasteiger partial charge on any atom is 0.120 e. The van der Waals surface area contributed by atoms with Gasteiger partial charge in [-0.3, -0.25) is 0 Å². The largest absolute Gasteiger partial charge is 0.508 e. The van der Waals surface area contributed by atoms with Gasteiger partial charge in [-0.2, -0.15) is 0 Å². The Morgan fingerprint density at radius 1 is 1.27 bits per heavy atom. The van der Waals surface area contributed by atoms with E-state index in [0.29, 0.717) is 6.42 Å². The third-order valence-corrected chi connectivity index (χ3v) is 2.67. The Bertz CT molecular complexity index is 319. The number of hydrogen-bond donors (Lipinski definition) is 1. The van der Waals surface area contributed by atoms with E-state index in [-0.39, 0.29) is 17.1 Å². The zero-order valence-electron chi connectivity index (χ0n) is 9.53. The SMILES string of the molecule is CC(C)(C)C(CC=O)c1ccc(O)cc1. The summed E-state index contributed by atoms with van der Waals surface area (Å²) in [5, 5.41) is 9.20. The molecule has 0 aliphatic rings. The second-order valence-electron chi connectivity index (χ2n) is 4.91. The van der Waals surface area contributed by atoms with Crippen LogP contribution in [0.15, 0.2) is 24.3 Å². The molecule has 1 unspecified atom stereocenters. The molecule has 15 heavy (non-hydrogen) atoms. The van der Waals surface area contributed by atoms with Gasteiger partial charge in [0.05, 0.1) is 0 Å². The molecule has 0 fully saturated rings. The second kappa shape index (κ2) is 4.47. The first-order valence-electron chi connectivity index (χ1n) is 5.17. The molecular weight excluding hydrogens is 188 g/mol. The number of phenolic OH excluding ortho intramolecular Hbond substituents is 1. The second-order valence-corrected chi connectivity index (χ2v) is 4.91. The highest BCUT2D eigenvalue weighted by atomic mass is 16.3. The number of aromatic hydroxyl groups is 1. The first-order chi connectivity index (χ1) is 6.95. The summed E-state index contributed by atoms with van der Waals surface area (Å²) in [7, 11) is 0. The van der Waals surface area contributed by atoms with Gasteiger partial charge >= 0.3 is 0 Å². The van der Waals surface area contributed by atoms with Crippen LogP contribution >= 0.6 is 0 Å². The molecule has 1 rings (SSSR count). The zero-order chi connectivity index (χ0) is 11.5. The lowest BCUT2D eigenvalue weighted by Gasteiger charge is -2.29. The summed E-state index contributed by atoms with van der Waals surface area (Å²) in [6.45, 7) is 6.36. The number of benzene rings is 1. The molecule has 0 radical (unpaired) electrons. The van der Waals surface area contributed by atoms with Crippen LogP contribution in [0.5, 0.6) is 5.75 Å². The van der Waals surface area contributed by atoms with Gasteiger partial charge in [-0.05, 0) is 29.0 Å². The van der Waals surface area contributed by atoms with Gasteiger partial charge in [-0.1, -0.05) is 32.9 Å². The van der Waals surface area contributed by atoms with Gasteiger partial charge in [0.15, 0.2) is 0 Å². The predicted octanol–water partition coefficient (Wildman–Crippen LogP) is 3.11. The van der Waals surface area contributed by atoms with Crippen molar-refractivity contribution >= 4 is 6.29 Å². The standard InChI is InChI=1S/C13H18O2/c1-13(2,3)12(8-9-14)10-4-6-11(15)7-5-10/h4-7,9,12,15H,8H2,1-3H3. The molecule has 82 valence electrons. The highest BCUT2D eigenvalue weighted by Crippen LogP contribution is 2.37. The lowest BCUT2D eigenvalue weighted by atomic mass is 9.75. The first kappa shape index (κ1) is 11.8. The van der Waals surface area contributed by atoms with E-state index in [2.05, 4.69) is 20.8 Å². The zero-order valence-corrected chi connectivity index (χ0v) is 9.53. The topological polar surface area (TPSA) is 37.3 Å². The summed E-state index contributed by atoms with van der Waals surface area (Å²) in [5.41, 5.74) is 1.16. The average Bonchev–Trinajstić information content (AvgIpc) is 2.14. The molecule has 0 amide bonds. The lowest BCUT2D eigenvalue weighted by molar-refractivity contribution is -0.108. The monoisotopic (exact) mass is 206 g/mol. The van der Waals surface area contributed by atoms with Gasteiger partial charge < -0.3 is 9.90 Å². The number of hydrogen-bond acceptors (Lipinski definition) is 2. The summed E-state index contributed by atoms with van der Waals surface area (Å²) >= 11 is 0. The lowest BCUT2D eigenvalue weighted by Crippen LogP contribution is -2.18. The maximum absolute atomic E-state index is 10.7. The van der Waals surface area contributed by atoms with Gasteiger partial charge in [-0.15, -0.1) is 0 Å². The highest BCUT2D eigenvalue weighted by Gasteiger charge is 2.25. The summed E-state index contributed by atoms with van der Waals surface area (Å²) in [6, 6.07) is 7.10. The van der Waals surface area contributed by atoms with Gasteiger partial charge in [0.2, 0.25) is 0 Å². The van der Waals surface area contributed by atoms with E-state index >= 15 is 0 Å². The maximum atomic E-state index is 10.7. The molecule has 0 bridgehead atoms. The quantitative estimate of drug-likeness (QED) is 0.771. The van der Waals surface area contributed by atoms with Gasteiger partial charge in [0.1, 0.15) is 12.0 Å².